The zero-order chi connectivity index (χ0) is 10.8. The highest BCUT2D eigenvalue weighted by atomic mass is 32.1. The first kappa shape index (κ1) is 12.7. The maximum atomic E-state index is 4.09. The van der Waals surface area contributed by atoms with Gasteiger partial charge in [-0.05, 0) is 12.8 Å². The summed E-state index contributed by atoms with van der Waals surface area (Å²) in [7, 11) is 0. The number of aromatic nitrogens is 1. The van der Waals surface area contributed by atoms with Crippen molar-refractivity contribution in [3.05, 3.63) is 16.6 Å². The van der Waals surface area contributed by atoms with Gasteiger partial charge in [-0.25, -0.2) is 0 Å². The number of hydrogen-bond acceptors (Lipinski definition) is 2. The number of nitrogens with zero attached hydrogens (tertiary/aromatic N) is 1. The number of unbranched alkanes of at least 4 members (excludes halogenated alkanes) is 7. The van der Waals surface area contributed by atoms with Crippen LogP contribution in [0.15, 0.2) is 11.7 Å². The SMILES string of the molecule is CCCCCCCCCCc1cncs1. The van der Waals surface area contributed by atoms with E-state index in [9.17, 15) is 0 Å². The van der Waals surface area contributed by atoms with Crippen LogP contribution in [-0.2, 0) is 6.42 Å². The molecule has 0 aliphatic carbocycles. The van der Waals surface area contributed by atoms with E-state index >= 15 is 0 Å². The zero-order valence-corrected chi connectivity index (χ0v) is 10.7. The van der Waals surface area contributed by atoms with Crippen molar-refractivity contribution in [3.8, 4) is 0 Å². The van der Waals surface area contributed by atoms with E-state index < -0.39 is 0 Å². The van der Waals surface area contributed by atoms with Gasteiger partial charge in [0.1, 0.15) is 0 Å². The van der Waals surface area contributed by atoms with Crippen molar-refractivity contribution in [2.75, 3.05) is 0 Å². The third kappa shape index (κ3) is 6.67. The van der Waals surface area contributed by atoms with E-state index in [0.717, 1.165) is 0 Å². The molecular formula is C13H23NS. The van der Waals surface area contributed by atoms with Gasteiger partial charge in [-0.2, -0.15) is 0 Å². The molecule has 0 fully saturated rings. The molecule has 1 rings (SSSR count). The van der Waals surface area contributed by atoms with Crippen LogP contribution in [0.1, 0.15) is 63.2 Å². The molecule has 1 heterocycles. The Bertz CT molecular complexity index is 218. The molecule has 1 aromatic rings. The van der Waals surface area contributed by atoms with Crippen molar-refractivity contribution in [2.24, 2.45) is 0 Å². The van der Waals surface area contributed by atoms with Gasteiger partial charge in [-0.3, -0.25) is 4.98 Å². The molecule has 0 unspecified atom stereocenters. The second kappa shape index (κ2) is 8.90. The second-order valence-electron chi connectivity index (χ2n) is 4.19. The standard InChI is InChI=1S/C13H23NS/c1-2-3-4-5-6-7-8-9-10-13-11-14-12-15-13/h11-12H,2-10H2,1H3. The number of hydrogen-bond donors (Lipinski definition) is 0. The van der Waals surface area contributed by atoms with Gasteiger partial charge in [0.05, 0.1) is 5.51 Å². The topological polar surface area (TPSA) is 12.9 Å². The highest BCUT2D eigenvalue weighted by Crippen LogP contribution is 2.13. The molecule has 15 heavy (non-hydrogen) atoms. The van der Waals surface area contributed by atoms with E-state index in [1.807, 2.05) is 11.7 Å². The Hall–Kier alpha value is -0.370. The largest absolute Gasteiger partial charge is 0.253 e. The molecule has 0 saturated carbocycles. The third-order valence-electron chi connectivity index (χ3n) is 2.76. The first-order chi connectivity index (χ1) is 7.43. The van der Waals surface area contributed by atoms with Crippen molar-refractivity contribution in [1.29, 1.82) is 0 Å². The Morgan fingerprint density at radius 3 is 2.27 bits per heavy atom. The van der Waals surface area contributed by atoms with E-state index in [0.29, 0.717) is 0 Å². The minimum atomic E-state index is 1.24. The first-order valence-corrected chi connectivity index (χ1v) is 7.19. The summed E-state index contributed by atoms with van der Waals surface area (Å²) >= 11 is 1.79. The Labute approximate surface area is 97.9 Å². The Morgan fingerprint density at radius 1 is 1.00 bits per heavy atom. The summed E-state index contributed by atoms with van der Waals surface area (Å²) in [4.78, 5) is 5.53. The second-order valence-corrected chi connectivity index (χ2v) is 5.16. The van der Waals surface area contributed by atoms with Gasteiger partial charge in [0, 0.05) is 11.1 Å². The number of aryl methyl sites for hydroxylation is 1. The fourth-order valence-corrected chi connectivity index (χ4v) is 2.44. The Morgan fingerprint density at radius 2 is 1.67 bits per heavy atom. The molecule has 0 aliphatic rings. The lowest BCUT2D eigenvalue weighted by molar-refractivity contribution is 0.576. The van der Waals surface area contributed by atoms with Crippen molar-refractivity contribution in [1.82, 2.24) is 4.98 Å². The normalized spacial score (nSPS) is 10.7. The lowest BCUT2D eigenvalue weighted by Gasteiger charge is -2.00. The van der Waals surface area contributed by atoms with E-state index in [4.69, 9.17) is 0 Å². The first-order valence-electron chi connectivity index (χ1n) is 6.31. The van der Waals surface area contributed by atoms with Crippen molar-refractivity contribution in [2.45, 2.75) is 64.7 Å². The minimum absolute atomic E-state index is 1.24. The predicted octanol–water partition coefficient (Wildman–Crippen LogP) is 4.83. The van der Waals surface area contributed by atoms with Gasteiger partial charge in [0.25, 0.3) is 0 Å². The van der Waals surface area contributed by atoms with Gasteiger partial charge in [0.2, 0.25) is 0 Å². The van der Waals surface area contributed by atoms with Crippen LogP contribution in [0, 0.1) is 0 Å². The predicted molar refractivity (Wildman–Crippen MR) is 68.4 cm³/mol. The number of rotatable bonds is 9. The summed E-state index contributed by atoms with van der Waals surface area (Å²) < 4.78 is 0. The highest BCUT2D eigenvalue weighted by Gasteiger charge is 1.95. The van der Waals surface area contributed by atoms with Crippen molar-refractivity contribution >= 4 is 11.3 Å². The summed E-state index contributed by atoms with van der Waals surface area (Å²) in [5.74, 6) is 0. The van der Waals surface area contributed by atoms with Crippen LogP contribution in [-0.4, -0.2) is 4.98 Å². The number of thiazole rings is 1. The molecule has 0 amide bonds. The summed E-state index contributed by atoms with van der Waals surface area (Å²) in [5.41, 5.74) is 1.93. The average molecular weight is 225 g/mol. The van der Waals surface area contributed by atoms with Gasteiger partial charge in [0.15, 0.2) is 0 Å². The van der Waals surface area contributed by atoms with Gasteiger partial charge in [-0.15, -0.1) is 11.3 Å². The van der Waals surface area contributed by atoms with Gasteiger partial charge < -0.3 is 0 Å². The van der Waals surface area contributed by atoms with Crippen LogP contribution in [0.25, 0.3) is 0 Å². The molecular weight excluding hydrogens is 202 g/mol. The van der Waals surface area contributed by atoms with Crippen molar-refractivity contribution in [3.63, 3.8) is 0 Å². The molecule has 0 radical (unpaired) electrons. The van der Waals surface area contributed by atoms with Crippen LogP contribution in [0.5, 0.6) is 0 Å². The summed E-state index contributed by atoms with van der Waals surface area (Å²) in [6.07, 6.45) is 14.5. The third-order valence-corrected chi connectivity index (χ3v) is 3.60. The monoisotopic (exact) mass is 225 g/mol. The van der Waals surface area contributed by atoms with Crippen molar-refractivity contribution < 1.29 is 0 Å². The van der Waals surface area contributed by atoms with Gasteiger partial charge in [-0.1, -0.05) is 51.9 Å². The summed E-state index contributed by atoms with van der Waals surface area (Å²) in [5, 5.41) is 0. The molecule has 0 aromatic carbocycles. The van der Waals surface area contributed by atoms with E-state index in [1.165, 1.54) is 62.7 Å². The average Bonchev–Trinajstić information content (AvgIpc) is 2.75. The molecule has 1 aromatic heterocycles. The van der Waals surface area contributed by atoms with Crippen LogP contribution < -0.4 is 0 Å². The fraction of sp³-hybridized carbons (Fsp3) is 0.769. The molecule has 86 valence electrons. The lowest BCUT2D eigenvalue weighted by atomic mass is 10.1. The molecule has 1 nitrogen and oxygen atoms in total. The molecule has 0 bridgehead atoms. The molecule has 2 heteroatoms. The van der Waals surface area contributed by atoms with Crippen LogP contribution in [0.4, 0.5) is 0 Å². The van der Waals surface area contributed by atoms with E-state index in [1.54, 1.807) is 11.3 Å². The van der Waals surface area contributed by atoms with Gasteiger partial charge >= 0.3 is 0 Å². The molecule has 0 N–H and O–H groups in total. The van der Waals surface area contributed by atoms with Crippen LogP contribution in [0.2, 0.25) is 0 Å². The van der Waals surface area contributed by atoms with Crippen LogP contribution >= 0.6 is 11.3 Å². The molecule has 0 spiro atoms. The lowest BCUT2D eigenvalue weighted by Crippen LogP contribution is -1.83. The highest BCUT2D eigenvalue weighted by molar-refractivity contribution is 7.09. The maximum Gasteiger partial charge on any atom is 0.0794 e. The molecule has 0 saturated heterocycles. The van der Waals surface area contributed by atoms with E-state index in [2.05, 4.69) is 11.9 Å². The fourth-order valence-electron chi connectivity index (χ4n) is 1.80. The van der Waals surface area contributed by atoms with E-state index in [-0.39, 0.29) is 0 Å². The Kier molecular flexibility index (Phi) is 7.53. The summed E-state index contributed by atoms with van der Waals surface area (Å²) in [6, 6.07) is 0. The zero-order valence-electron chi connectivity index (χ0n) is 9.87. The smallest absolute Gasteiger partial charge is 0.0794 e. The molecule has 0 aliphatic heterocycles. The summed E-state index contributed by atoms with van der Waals surface area (Å²) in [6.45, 7) is 2.27. The van der Waals surface area contributed by atoms with Crippen LogP contribution in [0.3, 0.4) is 0 Å². The maximum absolute atomic E-state index is 4.09. The minimum Gasteiger partial charge on any atom is -0.253 e. The quantitative estimate of drug-likeness (QED) is 0.549. The Balaban J connectivity index is 1.81. The molecule has 0 atom stereocenters.